The van der Waals surface area contributed by atoms with E-state index in [2.05, 4.69) is 0 Å². The van der Waals surface area contributed by atoms with E-state index in [-0.39, 0.29) is 12.2 Å². The summed E-state index contributed by atoms with van der Waals surface area (Å²) in [6.07, 6.45) is -4.80. The molecule has 0 aliphatic carbocycles. The van der Waals surface area contributed by atoms with Crippen LogP contribution in [-0.2, 0) is 9.53 Å². The molecule has 3 N–H and O–H groups in total. The van der Waals surface area contributed by atoms with Crippen LogP contribution in [0.25, 0.3) is 0 Å². The quantitative estimate of drug-likeness (QED) is 0.528. The summed E-state index contributed by atoms with van der Waals surface area (Å²) in [5.74, 6) is -0.121. The van der Waals surface area contributed by atoms with Gasteiger partial charge >= 0.3 is 0 Å². The largest absolute Gasteiger partial charge is 0.388 e. The monoisotopic (exact) mass is 204 g/mol. The highest BCUT2D eigenvalue weighted by molar-refractivity contribution is 5.76. The van der Waals surface area contributed by atoms with Crippen molar-refractivity contribution in [3.63, 3.8) is 0 Å². The Bertz CT molecular complexity index is 217. The summed E-state index contributed by atoms with van der Waals surface area (Å²) >= 11 is 0. The lowest BCUT2D eigenvalue weighted by Crippen LogP contribution is -2.56. The fourth-order valence-electron chi connectivity index (χ4n) is 1.59. The average Bonchev–Trinajstić information content (AvgIpc) is 2.10. The van der Waals surface area contributed by atoms with E-state index >= 15 is 0 Å². The Labute approximate surface area is 82.3 Å². The Balaban J connectivity index is 2.65. The zero-order valence-electron chi connectivity index (χ0n) is 8.25. The van der Waals surface area contributed by atoms with E-state index in [1.165, 1.54) is 6.92 Å². The Morgan fingerprint density at radius 1 is 1.21 bits per heavy atom. The number of aliphatic hydroxyl groups excluding tert-OH is 3. The summed E-state index contributed by atoms with van der Waals surface area (Å²) in [6.45, 7) is 2.98. The molecular weight excluding hydrogens is 188 g/mol. The van der Waals surface area contributed by atoms with Gasteiger partial charge in [0.2, 0.25) is 0 Å². The minimum absolute atomic E-state index is 0.0509. The summed E-state index contributed by atoms with van der Waals surface area (Å²) in [6, 6.07) is 0. The molecule has 1 saturated heterocycles. The van der Waals surface area contributed by atoms with Gasteiger partial charge in [-0.1, -0.05) is 0 Å². The van der Waals surface area contributed by atoms with E-state index in [0.717, 1.165) is 0 Å². The van der Waals surface area contributed by atoms with Crippen LogP contribution in [-0.4, -0.2) is 51.6 Å². The maximum Gasteiger partial charge on any atom is 0.132 e. The van der Waals surface area contributed by atoms with E-state index in [1.807, 2.05) is 0 Å². The summed E-state index contributed by atoms with van der Waals surface area (Å²) in [7, 11) is 0. The van der Waals surface area contributed by atoms with Crippen LogP contribution in [0.4, 0.5) is 0 Å². The number of aliphatic hydroxyl groups is 3. The van der Waals surface area contributed by atoms with Crippen molar-refractivity contribution < 1.29 is 24.9 Å². The molecule has 2 unspecified atom stereocenters. The van der Waals surface area contributed by atoms with Crippen molar-refractivity contribution in [3.8, 4) is 0 Å². The number of rotatable bonds is 2. The molecule has 5 atom stereocenters. The summed E-state index contributed by atoms with van der Waals surface area (Å²) in [5.41, 5.74) is 0. The standard InChI is InChI=1S/C9H16O5/c1-4(10)3-6-8(12)9(13)7(11)5(2)14-6/h5-9,11-13H,3H2,1-2H3/t5-,6?,7?,8-,9+/m0/s1. The summed E-state index contributed by atoms with van der Waals surface area (Å²) < 4.78 is 5.21. The molecule has 1 rings (SSSR count). The van der Waals surface area contributed by atoms with Gasteiger partial charge in [-0.3, -0.25) is 4.79 Å². The first-order valence-corrected chi connectivity index (χ1v) is 4.62. The third-order valence-electron chi connectivity index (χ3n) is 2.44. The molecule has 0 aromatic rings. The molecule has 0 spiro atoms. The zero-order chi connectivity index (χ0) is 10.9. The van der Waals surface area contributed by atoms with Gasteiger partial charge in [-0.2, -0.15) is 0 Å². The SMILES string of the molecule is CC(=O)CC1O[C@@H](C)C(O)[C@@H](O)[C@H]1O. The number of hydrogen-bond acceptors (Lipinski definition) is 5. The van der Waals surface area contributed by atoms with Gasteiger partial charge in [-0.05, 0) is 13.8 Å². The van der Waals surface area contributed by atoms with Crippen molar-refractivity contribution in [1.82, 2.24) is 0 Å². The van der Waals surface area contributed by atoms with Crippen LogP contribution >= 0.6 is 0 Å². The first kappa shape index (κ1) is 11.6. The van der Waals surface area contributed by atoms with Gasteiger partial charge in [-0.25, -0.2) is 0 Å². The van der Waals surface area contributed by atoms with Crippen molar-refractivity contribution in [2.24, 2.45) is 0 Å². The lowest BCUT2D eigenvalue weighted by molar-refractivity contribution is -0.217. The van der Waals surface area contributed by atoms with Crippen LogP contribution in [0.5, 0.6) is 0 Å². The highest BCUT2D eigenvalue weighted by atomic mass is 16.5. The molecule has 1 aliphatic heterocycles. The van der Waals surface area contributed by atoms with Crippen LogP contribution in [0.3, 0.4) is 0 Å². The maximum absolute atomic E-state index is 10.8. The van der Waals surface area contributed by atoms with Crippen LogP contribution in [0, 0.1) is 0 Å². The van der Waals surface area contributed by atoms with E-state index < -0.39 is 30.5 Å². The molecule has 1 fully saturated rings. The third kappa shape index (κ3) is 2.30. The molecule has 5 heteroatoms. The first-order chi connectivity index (χ1) is 6.43. The van der Waals surface area contributed by atoms with Crippen LogP contribution < -0.4 is 0 Å². The van der Waals surface area contributed by atoms with E-state index in [9.17, 15) is 20.1 Å². The Hall–Kier alpha value is -0.490. The summed E-state index contributed by atoms with van der Waals surface area (Å²) in [5, 5.41) is 28.2. The van der Waals surface area contributed by atoms with Crippen LogP contribution in [0.1, 0.15) is 20.3 Å². The van der Waals surface area contributed by atoms with Gasteiger partial charge in [0.25, 0.3) is 0 Å². The fraction of sp³-hybridized carbons (Fsp3) is 0.889. The number of ketones is 1. The predicted molar refractivity (Wildman–Crippen MR) is 47.7 cm³/mol. The molecule has 1 heterocycles. The Kier molecular flexibility index (Phi) is 3.60. The first-order valence-electron chi connectivity index (χ1n) is 4.62. The second-order valence-corrected chi connectivity index (χ2v) is 3.76. The highest BCUT2D eigenvalue weighted by Crippen LogP contribution is 2.22. The molecule has 0 radical (unpaired) electrons. The average molecular weight is 204 g/mol. The third-order valence-corrected chi connectivity index (χ3v) is 2.44. The molecule has 0 aromatic carbocycles. The molecule has 0 bridgehead atoms. The molecule has 0 aromatic heterocycles. The Morgan fingerprint density at radius 3 is 2.29 bits per heavy atom. The normalized spacial score (nSPS) is 43.6. The molecule has 0 saturated carbocycles. The van der Waals surface area contributed by atoms with Gasteiger partial charge < -0.3 is 20.1 Å². The molecule has 14 heavy (non-hydrogen) atoms. The van der Waals surface area contributed by atoms with E-state index in [1.54, 1.807) is 6.92 Å². The van der Waals surface area contributed by atoms with Crippen molar-refractivity contribution in [2.45, 2.75) is 50.8 Å². The number of Topliss-reactive ketones (excluding diaryl/α,β-unsaturated/α-hetero) is 1. The predicted octanol–water partition coefficient (Wildman–Crippen LogP) is -1.16. The lowest BCUT2D eigenvalue weighted by atomic mass is 9.93. The molecule has 1 aliphatic rings. The second kappa shape index (κ2) is 4.35. The topological polar surface area (TPSA) is 87.0 Å². The van der Waals surface area contributed by atoms with Gasteiger partial charge in [0.15, 0.2) is 0 Å². The molecule has 82 valence electrons. The van der Waals surface area contributed by atoms with Gasteiger partial charge in [0.1, 0.15) is 24.1 Å². The van der Waals surface area contributed by atoms with Gasteiger partial charge in [0.05, 0.1) is 12.2 Å². The minimum Gasteiger partial charge on any atom is -0.388 e. The van der Waals surface area contributed by atoms with Crippen LogP contribution in [0.15, 0.2) is 0 Å². The van der Waals surface area contributed by atoms with E-state index in [4.69, 9.17) is 4.74 Å². The maximum atomic E-state index is 10.8. The van der Waals surface area contributed by atoms with Crippen LogP contribution in [0.2, 0.25) is 0 Å². The second-order valence-electron chi connectivity index (χ2n) is 3.76. The van der Waals surface area contributed by atoms with Crippen molar-refractivity contribution in [1.29, 1.82) is 0 Å². The van der Waals surface area contributed by atoms with E-state index in [0.29, 0.717) is 0 Å². The molecular formula is C9H16O5. The molecule has 0 amide bonds. The van der Waals surface area contributed by atoms with Gasteiger partial charge in [-0.15, -0.1) is 0 Å². The lowest BCUT2D eigenvalue weighted by Gasteiger charge is -2.39. The number of carbonyl (C=O) groups excluding carboxylic acids is 1. The van der Waals surface area contributed by atoms with Crippen molar-refractivity contribution in [3.05, 3.63) is 0 Å². The number of ether oxygens (including phenoxy) is 1. The summed E-state index contributed by atoms with van der Waals surface area (Å²) in [4.78, 5) is 10.8. The number of hydrogen-bond donors (Lipinski definition) is 3. The molecule has 5 nitrogen and oxygen atoms in total. The minimum atomic E-state index is -1.25. The highest BCUT2D eigenvalue weighted by Gasteiger charge is 2.41. The number of carbonyl (C=O) groups is 1. The zero-order valence-corrected chi connectivity index (χ0v) is 8.25. The van der Waals surface area contributed by atoms with Crippen molar-refractivity contribution >= 4 is 5.78 Å². The van der Waals surface area contributed by atoms with Gasteiger partial charge in [0, 0.05) is 6.42 Å². The van der Waals surface area contributed by atoms with Crippen molar-refractivity contribution in [2.75, 3.05) is 0 Å². The fourth-order valence-corrected chi connectivity index (χ4v) is 1.59. The smallest absolute Gasteiger partial charge is 0.132 e. The Morgan fingerprint density at radius 2 is 1.79 bits per heavy atom.